The Morgan fingerprint density at radius 1 is 1.12 bits per heavy atom. The number of methoxy groups -OCH3 is 1. The van der Waals surface area contributed by atoms with Crippen molar-refractivity contribution in [3.05, 3.63) is 64.4 Å². The summed E-state index contributed by atoms with van der Waals surface area (Å²) in [5.41, 5.74) is 2.07. The van der Waals surface area contributed by atoms with E-state index >= 15 is 0 Å². The Balaban J connectivity index is 1.79. The van der Waals surface area contributed by atoms with E-state index in [9.17, 15) is 4.79 Å². The third-order valence-corrected chi connectivity index (χ3v) is 5.03. The molecule has 0 aliphatic heterocycles. The first-order valence-corrected chi connectivity index (χ1v) is 9.46. The van der Waals surface area contributed by atoms with E-state index in [1.807, 2.05) is 36.4 Å². The number of aryl methyl sites for hydroxylation is 1. The zero-order valence-corrected chi connectivity index (χ0v) is 15.4. The fraction of sp³-hybridized carbons (Fsp3) is 0.300. The predicted molar refractivity (Wildman–Crippen MR) is 104 cm³/mol. The van der Waals surface area contributed by atoms with Gasteiger partial charge in [0.1, 0.15) is 5.75 Å². The van der Waals surface area contributed by atoms with Crippen LogP contribution in [0.4, 0.5) is 0 Å². The van der Waals surface area contributed by atoms with E-state index in [1.54, 1.807) is 23.4 Å². The van der Waals surface area contributed by atoms with Crippen LogP contribution < -0.4 is 10.3 Å². The molecule has 5 heteroatoms. The monoisotopic (exact) mass is 354 g/mol. The molecule has 1 heterocycles. The van der Waals surface area contributed by atoms with Gasteiger partial charge in [-0.15, -0.1) is 0 Å². The van der Waals surface area contributed by atoms with E-state index in [-0.39, 0.29) is 5.56 Å². The summed E-state index contributed by atoms with van der Waals surface area (Å²) in [6.45, 7) is 2.77. The third-order valence-electron chi connectivity index (χ3n) is 4.05. The molecule has 0 saturated heterocycles. The van der Waals surface area contributed by atoms with Gasteiger partial charge in [-0.3, -0.25) is 9.36 Å². The van der Waals surface area contributed by atoms with Gasteiger partial charge in [0.2, 0.25) is 0 Å². The Bertz CT molecular complexity index is 904. The Hall–Kier alpha value is -2.27. The highest BCUT2D eigenvalue weighted by atomic mass is 32.2. The number of rotatable bonds is 7. The van der Waals surface area contributed by atoms with Crippen molar-refractivity contribution in [3.63, 3.8) is 0 Å². The lowest BCUT2D eigenvalue weighted by Crippen LogP contribution is -2.23. The molecule has 3 aromatic rings. The molecule has 4 nitrogen and oxygen atoms in total. The fourth-order valence-corrected chi connectivity index (χ4v) is 3.74. The van der Waals surface area contributed by atoms with Gasteiger partial charge < -0.3 is 4.74 Å². The molecule has 0 unspecified atom stereocenters. The second-order valence-electron chi connectivity index (χ2n) is 5.81. The van der Waals surface area contributed by atoms with Crippen LogP contribution in [0.1, 0.15) is 18.9 Å². The highest BCUT2D eigenvalue weighted by Crippen LogP contribution is 2.20. The summed E-state index contributed by atoms with van der Waals surface area (Å²) in [4.78, 5) is 17.5. The van der Waals surface area contributed by atoms with Crippen LogP contribution >= 0.6 is 11.8 Å². The fourth-order valence-electron chi connectivity index (χ4n) is 2.73. The maximum Gasteiger partial charge on any atom is 0.262 e. The average molecular weight is 354 g/mol. The maximum absolute atomic E-state index is 12.7. The first-order valence-electron chi connectivity index (χ1n) is 8.48. The number of thioether (sulfide) groups is 1. The summed E-state index contributed by atoms with van der Waals surface area (Å²) in [7, 11) is 1.67. The zero-order valence-electron chi connectivity index (χ0n) is 14.6. The van der Waals surface area contributed by atoms with Gasteiger partial charge >= 0.3 is 0 Å². The SMILES string of the molecule is CCCn1c(SCCc2ccc(OC)cc2)nc2ccccc2c1=O. The number of para-hydroxylation sites is 1. The average Bonchev–Trinajstić information content (AvgIpc) is 2.65. The van der Waals surface area contributed by atoms with E-state index in [0.29, 0.717) is 11.9 Å². The van der Waals surface area contributed by atoms with Gasteiger partial charge in [-0.2, -0.15) is 0 Å². The summed E-state index contributed by atoms with van der Waals surface area (Å²) < 4.78 is 6.99. The van der Waals surface area contributed by atoms with Gasteiger partial charge in [-0.25, -0.2) is 4.98 Å². The second-order valence-corrected chi connectivity index (χ2v) is 6.88. The van der Waals surface area contributed by atoms with Gasteiger partial charge in [-0.05, 0) is 42.7 Å². The quantitative estimate of drug-likeness (QED) is 0.472. The highest BCUT2D eigenvalue weighted by molar-refractivity contribution is 7.99. The molecule has 1 aromatic heterocycles. The van der Waals surface area contributed by atoms with Crippen molar-refractivity contribution in [3.8, 4) is 5.75 Å². The second kappa shape index (κ2) is 8.21. The van der Waals surface area contributed by atoms with Crippen LogP contribution in [0.25, 0.3) is 10.9 Å². The lowest BCUT2D eigenvalue weighted by atomic mass is 10.2. The van der Waals surface area contributed by atoms with E-state index in [1.165, 1.54) is 5.56 Å². The number of benzene rings is 2. The first kappa shape index (κ1) is 17.5. The molecule has 0 N–H and O–H groups in total. The highest BCUT2D eigenvalue weighted by Gasteiger charge is 2.10. The largest absolute Gasteiger partial charge is 0.497 e. The summed E-state index contributed by atoms with van der Waals surface area (Å²) in [6.07, 6.45) is 1.83. The van der Waals surface area contributed by atoms with Crippen molar-refractivity contribution in [2.75, 3.05) is 12.9 Å². The van der Waals surface area contributed by atoms with Gasteiger partial charge in [-0.1, -0.05) is 43.0 Å². The Kier molecular flexibility index (Phi) is 5.76. The van der Waals surface area contributed by atoms with Crippen LogP contribution in [-0.2, 0) is 13.0 Å². The Morgan fingerprint density at radius 2 is 1.88 bits per heavy atom. The van der Waals surface area contributed by atoms with Gasteiger partial charge in [0, 0.05) is 12.3 Å². The van der Waals surface area contributed by atoms with E-state index in [4.69, 9.17) is 9.72 Å². The molecule has 25 heavy (non-hydrogen) atoms. The molecule has 0 aliphatic carbocycles. The van der Waals surface area contributed by atoms with E-state index in [0.717, 1.165) is 35.0 Å². The number of ether oxygens (including phenoxy) is 1. The minimum absolute atomic E-state index is 0.0550. The van der Waals surface area contributed by atoms with Crippen LogP contribution in [0.2, 0.25) is 0 Å². The van der Waals surface area contributed by atoms with Gasteiger partial charge in [0.25, 0.3) is 5.56 Å². The number of aromatic nitrogens is 2. The van der Waals surface area contributed by atoms with Crippen LogP contribution in [0, 0.1) is 0 Å². The topological polar surface area (TPSA) is 44.1 Å². The molecule has 130 valence electrons. The van der Waals surface area contributed by atoms with Crippen LogP contribution in [0.15, 0.2) is 58.5 Å². The zero-order chi connectivity index (χ0) is 17.6. The van der Waals surface area contributed by atoms with Crippen molar-refractivity contribution < 1.29 is 4.74 Å². The Morgan fingerprint density at radius 3 is 2.60 bits per heavy atom. The minimum atomic E-state index is 0.0550. The standard InChI is InChI=1S/C20H22N2O2S/c1-3-13-22-19(23)17-6-4-5-7-18(17)21-20(22)25-14-12-15-8-10-16(24-2)11-9-15/h4-11H,3,12-14H2,1-2H3. The smallest absolute Gasteiger partial charge is 0.262 e. The van der Waals surface area contributed by atoms with Crippen LogP contribution in [-0.4, -0.2) is 22.4 Å². The number of hydrogen-bond acceptors (Lipinski definition) is 4. The molecule has 0 spiro atoms. The summed E-state index contributed by atoms with van der Waals surface area (Å²) in [6, 6.07) is 15.7. The van der Waals surface area contributed by atoms with Crippen molar-refractivity contribution in [2.45, 2.75) is 31.5 Å². The summed E-state index contributed by atoms with van der Waals surface area (Å²) in [5, 5.41) is 1.49. The molecule has 0 amide bonds. The molecule has 0 atom stereocenters. The van der Waals surface area contributed by atoms with Crippen molar-refractivity contribution in [1.29, 1.82) is 0 Å². The van der Waals surface area contributed by atoms with Crippen molar-refractivity contribution in [2.24, 2.45) is 0 Å². The normalized spacial score (nSPS) is 11.0. The third kappa shape index (κ3) is 4.04. The molecule has 0 fully saturated rings. The van der Waals surface area contributed by atoms with E-state index < -0.39 is 0 Å². The number of fused-ring (bicyclic) bond motifs is 1. The molecule has 0 aliphatic rings. The van der Waals surface area contributed by atoms with Crippen LogP contribution in [0.5, 0.6) is 5.75 Å². The lowest BCUT2D eigenvalue weighted by molar-refractivity contribution is 0.414. The minimum Gasteiger partial charge on any atom is -0.497 e. The molecular formula is C20H22N2O2S. The summed E-state index contributed by atoms with van der Waals surface area (Å²) in [5.74, 6) is 1.74. The molecule has 0 radical (unpaired) electrons. The molecule has 0 saturated carbocycles. The number of hydrogen-bond donors (Lipinski definition) is 0. The maximum atomic E-state index is 12.7. The Labute approximate surface area is 151 Å². The molecule has 3 rings (SSSR count). The number of nitrogens with zero attached hydrogens (tertiary/aromatic N) is 2. The van der Waals surface area contributed by atoms with Crippen molar-refractivity contribution in [1.82, 2.24) is 9.55 Å². The molecule has 2 aromatic carbocycles. The van der Waals surface area contributed by atoms with Gasteiger partial charge in [0.15, 0.2) is 5.16 Å². The summed E-state index contributed by atoms with van der Waals surface area (Å²) >= 11 is 1.64. The first-order chi connectivity index (χ1) is 12.2. The molecular weight excluding hydrogens is 332 g/mol. The lowest BCUT2D eigenvalue weighted by Gasteiger charge is -2.12. The predicted octanol–water partition coefficient (Wildman–Crippen LogP) is 4.15. The van der Waals surface area contributed by atoms with Crippen LogP contribution in [0.3, 0.4) is 0 Å². The van der Waals surface area contributed by atoms with Crippen molar-refractivity contribution >= 4 is 22.7 Å². The molecule has 0 bridgehead atoms. The van der Waals surface area contributed by atoms with E-state index in [2.05, 4.69) is 19.1 Å². The van der Waals surface area contributed by atoms with Gasteiger partial charge in [0.05, 0.1) is 18.0 Å².